The van der Waals surface area contributed by atoms with E-state index in [0.29, 0.717) is 6.61 Å². The summed E-state index contributed by atoms with van der Waals surface area (Å²) < 4.78 is 6.15. The van der Waals surface area contributed by atoms with Crippen LogP contribution in [0.25, 0.3) is 0 Å². The Balaban J connectivity index is 2.05. The maximum atomic E-state index is 5.05. The number of hydrogen-bond acceptors (Lipinski definition) is 3. The van der Waals surface area contributed by atoms with Gasteiger partial charge in [0.1, 0.15) is 0 Å². The van der Waals surface area contributed by atoms with E-state index in [-0.39, 0.29) is 0 Å². The minimum absolute atomic E-state index is 0.594. The average Bonchev–Trinajstić information content (AvgIpc) is 2.70. The molecule has 2 aromatic rings. The van der Waals surface area contributed by atoms with Crippen LogP contribution in [-0.4, -0.2) is 12.1 Å². The molecule has 0 spiro atoms. The largest absolute Gasteiger partial charge is 0.378 e. The zero-order valence-electron chi connectivity index (χ0n) is 8.94. The van der Waals surface area contributed by atoms with Crippen molar-refractivity contribution in [3.63, 3.8) is 0 Å². The summed E-state index contributed by atoms with van der Waals surface area (Å²) >= 11 is 5.11. The van der Waals surface area contributed by atoms with Gasteiger partial charge in [0, 0.05) is 23.4 Å². The van der Waals surface area contributed by atoms with Gasteiger partial charge >= 0.3 is 0 Å². The molecular weight excluding hydrogens is 286 g/mol. The van der Waals surface area contributed by atoms with Gasteiger partial charge < -0.3 is 4.74 Å². The third kappa shape index (κ3) is 3.14. The molecule has 84 valence electrons. The molecule has 0 unspecified atom stereocenters. The quantitative estimate of drug-likeness (QED) is 0.859. The lowest BCUT2D eigenvalue weighted by molar-refractivity contribution is 0.182. The van der Waals surface area contributed by atoms with Crippen LogP contribution in [0, 0.1) is 0 Å². The highest BCUT2D eigenvalue weighted by atomic mass is 79.9. The van der Waals surface area contributed by atoms with E-state index < -0.39 is 0 Å². The lowest BCUT2D eigenvalue weighted by Crippen LogP contribution is -1.90. The molecule has 4 heteroatoms. The highest BCUT2D eigenvalue weighted by Crippen LogP contribution is 2.17. The smallest absolute Gasteiger partial charge is 0.0973 e. The van der Waals surface area contributed by atoms with Crippen molar-refractivity contribution in [1.82, 2.24) is 4.98 Å². The summed E-state index contributed by atoms with van der Waals surface area (Å²) in [4.78, 5) is 4.50. The van der Waals surface area contributed by atoms with Gasteiger partial charge in [0.15, 0.2) is 0 Å². The van der Waals surface area contributed by atoms with E-state index in [2.05, 4.69) is 50.6 Å². The van der Waals surface area contributed by atoms with E-state index in [9.17, 15) is 0 Å². The van der Waals surface area contributed by atoms with E-state index >= 15 is 0 Å². The number of nitrogens with zero attached hydrogens (tertiary/aromatic N) is 1. The van der Waals surface area contributed by atoms with Crippen molar-refractivity contribution < 1.29 is 4.74 Å². The maximum Gasteiger partial charge on any atom is 0.0973 e. The molecule has 0 atom stereocenters. The number of rotatable bonds is 4. The van der Waals surface area contributed by atoms with Crippen LogP contribution < -0.4 is 0 Å². The first kappa shape index (κ1) is 11.8. The molecule has 1 aromatic carbocycles. The number of methoxy groups -OCH3 is 1. The van der Waals surface area contributed by atoms with Gasteiger partial charge in [0.25, 0.3) is 0 Å². The molecule has 1 aromatic heterocycles. The highest BCUT2D eigenvalue weighted by molar-refractivity contribution is 9.10. The fourth-order valence-electron chi connectivity index (χ4n) is 1.42. The Bertz CT molecular complexity index is 452. The Morgan fingerprint density at radius 3 is 2.75 bits per heavy atom. The van der Waals surface area contributed by atoms with Crippen LogP contribution in [0.5, 0.6) is 0 Å². The third-order valence-electron chi connectivity index (χ3n) is 2.16. The molecule has 0 saturated heterocycles. The summed E-state index contributed by atoms with van der Waals surface area (Å²) in [5.74, 6) is 0. The fourth-order valence-corrected chi connectivity index (χ4v) is 2.50. The minimum atomic E-state index is 0.594. The molecule has 0 aliphatic carbocycles. The van der Waals surface area contributed by atoms with Crippen molar-refractivity contribution in [3.8, 4) is 0 Å². The molecule has 1 heterocycles. The van der Waals surface area contributed by atoms with Crippen LogP contribution in [-0.2, 0) is 17.8 Å². The van der Waals surface area contributed by atoms with Gasteiger partial charge in [-0.3, -0.25) is 0 Å². The summed E-state index contributed by atoms with van der Waals surface area (Å²) in [7, 11) is 1.69. The third-order valence-corrected chi connectivity index (χ3v) is 3.59. The Hall–Kier alpha value is -0.710. The van der Waals surface area contributed by atoms with E-state index in [1.54, 1.807) is 18.4 Å². The normalized spacial score (nSPS) is 10.6. The standard InChI is InChI=1S/C12H12BrNOS/c1-15-7-11-8-16-12(14-11)6-9-2-4-10(13)5-3-9/h2-5,8H,6-7H2,1H3. The lowest BCUT2D eigenvalue weighted by atomic mass is 10.2. The lowest BCUT2D eigenvalue weighted by Gasteiger charge is -1.98. The number of benzene rings is 1. The topological polar surface area (TPSA) is 22.1 Å². The predicted molar refractivity (Wildman–Crippen MR) is 69.8 cm³/mol. The second-order valence-corrected chi connectivity index (χ2v) is 5.33. The van der Waals surface area contributed by atoms with E-state index in [1.165, 1.54) is 5.56 Å². The van der Waals surface area contributed by atoms with Crippen molar-refractivity contribution in [2.75, 3.05) is 7.11 Å². The van der Waals surface area contributed by atoms with E-state index in [4.69, 9.17) is 4.74 Å². The summed E-state index contributed by atoms with van der Waals surface area (Å²) in [6.07, 6.45) is 0.891. The van der Waals surface area contributed by atoms with Gasteiger partial charge in [-0.25, -0.2) is 4.98 Å². The van der Waals surface area contributed by atoms with Gasteiger partial charge in [-0.05, 0) is 17.7 Å². The molecule has 0 fully saturated rings. The van der Waals surface area contributed by atoms with Gasteiger partial charge in [0.2, 0.25) is 0 Å². The first-order valence-electron chi connectivity index (χ1n) is 4.94. The van der Waals surface area contributed by atoms with Crippen LogP contribution >= 0.6 is 27.3 Å². The Kier molecular flexibility index (Phi) is 4.09. The summed E-state index contributed by atoms with van der Waals surface area (Å²) in [6.45, 7) is 0.594. The molecule has 0 aliphatic heterocycles. The van der Waals surface area contributed by atoms with E-state index in [1.807, 2.05) is 0 Å². The summed E-state index contributed by atoms with van der Waals surface area (Å²) in [5, 5.41) is 3.19. The number of aromatic nitrogens is 1. The van der Waals surface area contributed by atoms with Crippen LogP contribution in [0.2, 0.25) is 0 Å². The van der Waals surface area contributed by atoms with Crippen molar-refractivity contribution in [2.24, 2.45) is 0 Å². The number of ether oxygens (including phenoxy) is 1. The molecule has 2 rings (SSSR count). The minimum Gasteiger partial charge on any atom is -0.378 e. The monoisotopic (exact) mass is 297 g/mol. The second kappa shape index (κ2) is 5.57. The molecule has 0 amide bonds. The Morgan fingerprint density at radius 2 is 2.06 bits per heavy atom. The van der Waals surface area contributed by atoms with Crippen molar-refractivity contribution in [3.05, 3.63) is 50.4 Å². The number of hydrogen-bond donors (Lipinski definition) is 0. The van der Waals surface area contributed by atoms with Crippen LogP contribution in [0.15, 0.2) is 34.1 Å². The first-order chi connectivity index (χ1) is 7.78. The van der Waals surface area contributed by atoms with Crippen LogP contribution in [0.3, 0.4) is 0 Å². The Morgan fingerprint density at radius 1 is 1.31 bits per heavy atom. The molecule has 16 heavy (non-hydrogen) atoms. The summed E-state index contributed by atoms with van der Waals surface area (Å²) in [6, 6.07) is 8.33. The molecule has 0 saturated carbocycles. The van der Waals surface area contributed by atoms with Crippen molar-refractivity contribution in [2.45, 2.75) is 13.0 Å². The molecule has 0 radical (unpaired) electrons. The zero-order valence-corrected chi connectivity index (χ0v) is 11.3. The second-order valence-electron chi connectivity index (χ2n) is 3.47. The van der Waals surface area contributed by atoms with Gasteiger partial charge in [-0.15, -0.1) is 11.3 Å². The van der Waals surface area contributed by atoms with Crippen molar-refractivity contribution >= 4 is 27.3 Å². The average molecular weight is 298 g/mol. The fraction of sp³-hybridized carbons (Fsp3) is 0.250. The molecule has 0 bridgehead atoms. The summed E-state index contributed by atoms with van der Waals surface area (Å²) in [5.41, 5.74) is 2.29. The SMILES string of the molecule is COCc1csc(Cc2ccc(Br)cc2)n1. The molecule has 2 nitrogen and oxygen atoms in total. The van der Waals surface area contributed by atoms with Crippen LogP contribution in [0.4, 0.5) is 0 Å². The van der Waals surface area contributed by atoms with E-state index in [0.717, 1.165) is 21.6 Å². The van der Waals surface area contributed by atoms with Gasteiger partial charge in [-0.2, -0.15) is 0 Å². The zero-order chi connectivity index (χ0) is 11.4. The maximum absolute atomic E-state index is 5.05. The first-order valence-corrected chi connectivity index (χ1v) is 6.62. The molecule has 0 N–H and O–H groups in total. The Labute approximate surface area is 107 Å². The predicted octanol–water partition coefficient (Wildman–Crippen LogP) is 3.64. The van der Waals surface area contributed by atoms with Gasteiger partial charge in [0.05, 0.1) is 17.3 Å². The highest BCUT2D eigenvalue weighted by Gasteiger charge is 2.02. The number of halogens is 1. The molecule has 0 aliphatic rings. The van der Waals surface area contributed by atoms with Gasteiger partial charge in [-0.1, -0.05) is 28.1 Å². The van der Waals surface area contributed by atoms with Crippen LogP contribution in [0.1, 0.15) is 16.3 Å². The number of thiazole rings is 1. The van der Waals surface area contributed by atoms with Crippen molar-refractivity contribution in [1.29, 1.82) is 0 Å². The molecular formula is C12H12BrNOS.